The number of aryl methyl sites for hydroxylation is 1. The number of rotatable bonds is 5. The van der Waals surface area contributed by atoms with E-state index in [1.807, 2.05) is 31.2 Å². The van der Waals surface area contributed by atoms with Crippen molar-refractivity contribution in [2.75, 3.05) is 11.9 Å². The summed E-state index contributed by atoms with van der Waals surface area (Å²) in [7, 11) is 0. The van der Waals surface area contributed by atoms with Crippen molar-refractivity contribution in [1.82, 2.24) is 9.78 Å². The van der Waals surface area contributed by atoms with Crippen LogP contribution in [0.15, 0.2) is 41.7 Å². The van der Waals surface area contributed by atoms with E-state index >= 15 is 0 Å². The number of nitrogens with zero attached hydrogens (tertiary/aromatic N) is 4. The molecule has 1 aromatic carbocycles. The highest BCUT2D eigenvalue weighted by Gasteiger charge is 2.07. The van der Waals surface area contributed by atoms with E-state index in [1.54, 1.807) is 0 Å². The van der Waals surface area contributed by atoms with Crippen LogP contribution in [0, 0.1) is 17.0 Å². The molecule has 0 radical (unpaired) electrons. The fourth-order valence-corrected chi connectivity index (χ4v) is 1.67. The molecule has 0 amide bonds. The van der Waals surface area contributed by atoms with Crippen molar-refractivity contribution in [2.45, 2.75) is 13.5 Å². The molecular formula is C13H16N6O2. The summed E-state index contributed by atoms with van der Waals surface area (Å²) >= 11 is 0. The first-order valence-electron chi connectivity index (χ1n) is 6.35. The lowest BCUT2D eigenvalue weighted by Gasteiger charge is -2.05. The highest BCUT2D eigenvalue weighted by atomic mass is 16.6. The van der Waals surface area contributed by atoms with Crippen molar-refractivity contribution in [2.24, 2.45) is 10.7 Å². The Kier molecular flexibility index (Phi) is 4.50. The van der Waals surface area contributed by atoms with Gasteiger partial charge in [0.1, 0.15) is 12.4 Å². The Morgan fingerprint density at radius 2 is 2.19 bits per heavy atom. The zero-order valence-electron chi connectivity index (χ0n) is 11.6. The van der Waals surface area contributed by atoms with Crippen molar-refractivity contribution >= 4 is 17.3 Å². The molecule has 0 bridgehead atoms. The Hall–Kier alpha value is -2.90. The monoisotopic (exact) mass is 288 g/mol. The van der Waals surface area contributed by atoms with Crippen LogP contribution in [0.4, 0.5) is 11.4 Å². The van der Waals surface area contributed by atoms with Gasteiger partial charge < -0.3 is 11.1 Å². The molecule has 8 heteroatoms. The lowest BCUT2D eigenvalue weighted by molar-refractivity contribution is -0.385. The van der Waals surface area contributed by atoms with E-state index in [0.29, 0.717) is 19.0 Å². The third kappa shape index (κ3) is 4.30. The van der Waals surface area contributed by atoms with Crippen LogP contribution in [-0.2, 0) is 6.54 Å². The average molecular weight is 288 g/mol. The van der Waals surface area contributed by atoms with E-state index in [4.69, 9.17) is 5.73 Å². The fraction of sp³-hybridized carbons (Fsp3) is 0.231. The number of nitro groups is 1. The van der Waals surface area contributed by atoms with Gasteiger partial charge in [0.25, 0.3) is 0 Å². The predicted molar refractivity (Wildman–Crippen MR) is 80.2 cm³/mol. The maximum atomic E-state index is 10.5. The second-order valence-corrected chi connectivity index (χ2v) is 4.48. The summed E-state index contributed by atoms with van der Waals surface area (Å²) in [6.07, 6.45) is 2.57. The van der Waals surface area contributed by atoms with Gasteiger partial charge in [0.2, 0.25) is 0 Å². The minimum Gasteiger partial charge on any atom is -0.370 e. The van der Waals surface area contributed by atoms with E-state index in [1.165, 1.54) is 17.1 Å². The lowest BCUT2D eigenvalue weighted by Crippen LogP contribution is -2.23. The zero-order valence-corrected chi connectivity index (χ0v) is 11.6. The Morgan fingerprint density at radius 3 is 2.81 bits per heavy atom. The molecule has 1 heterocycles. The Labute approximate surface area is 121 Å². The number of benzene rings is 1. The van der Waals surface area contributed by atoms with Crippen LogP contribution < -0.4 is 11.1 Å². The highest BCUT2D eigenvalue weighted by Crippen LogP contribution is 2.08. The summed E-state index contributed by atoms with van der Waals surface area (Å²) in [6.45, 7) is 2.80. The van der Waals surface area contributed by atoms with Gasteiger partial charge in [0.15, 0.2) is 5.96 Å². The minimum atomic E-state index is -0.486. The molecule has 0 spiro atoms. The molecule has 0 saturated carbocycles. The van der Waals surface area contributed by atoms with Crippen LogP contribution in [0.5, 0.6) is 0 Å². The first-order valence-corrected chi connectivity index (χ1v) is 6.35. The summed E-state index contributed by atoms with van der Waals surface area (Å²) < 4.78 is 1.46. The van der Waals surface area contributed by atoms with Gasteiger partial charge in [-0.05, 0) is 19.1 Å². The number of guanidine groups is 1. The van der Waals surface area contributed by atoms with Gasteiger partial charge in [-0.2, -0.15) is 5.10 Å². The molecule has 21 heavy (non-hydrogen) atoms. The van der Waals surface area contributed by atoms with E-state index < -0.39 is 4.92 Å². The third-order valence-electron chi connectivity index (χ3n) is 2.77. The molecule has 8 nitrogen and oxygen atoms in total. The molecule has 0 atom stereocenters. The van der Waals surface area contributed by atoms with Crippen LogP contribution in [0.2, 0.25) is 0 Å². The van der Waals surface area contributed by atoms with E-state index in [9.17, 15) is 10.1 Å². The zero-order chi connectivity index (χ0) is 15.2. The summed E-state index contributed by atoms with van der Waals surface area (Å²) in [5, 5.41) is 17.4. The van der Waals surface area contributed by atoms with Crippen molar-refractivity contribution in [3.8, 4) is 0 Å². The van der Waals surface area contributed by atoms with Gasteiger partial charge in [-0.25, -0.2) is 0 Å². The van der Waals surface area contributed by atoms with Crippen molar-refractivity contribution in [3.05, 3.63) is 52.3 Å². The van der Waals surface area contributed by atoms with Crippen LogP contribution in [0.1, 0.15) is 5.56 Å². The molecule has 0 saturated heterocycles. The van der Waals surface area contributed by atoms with Crippen molar-refractivity contribution in [1.29, 1.82) is 0 Å². The molecule has 0 aliphatic carbocycles. The van der Waals surface area contributed by atoms with Crippen LogP contribution in [0.3, 0.4) is 0 Å². The summed E-state index contributed by atoms with van der Waals surface area (Å²) in [5.41, 5.74) is 7.75. The van der Waals surface area contributed by atoms with Gasteiger partial charge in [-0.15, -0.1) is 0 Å². The quantitative estimate of drug-likeness (QED) is 0.375. The molecule has 0 unspecified atom stereocenters. The van der Waals surface area contributed by atoms with E-state index in [2.05, 4.69) is 15.4 Å². The molecule has 2 aromatic rings. The molecule has 2 rings (SSSR count). The first kappa shape index (κ1) is 14.5. The van der Waals surface area contributed by atoms with Crippen molar-refractivity contribution in [3.63, 3.8) is 0 Å². The van der Waals surface area contributed by atoms with Crippen LogP contribution in [0.25, 0.3) is 0 Å². The van der Waals surface area contributed by atoms with Crippen LogP contribution in [-0.4, -0.2) is 27.2 Å². The standard InChI is InChI=1S/C13H16N6O2/c1-10-2-4-11(5-3-10)17-13(14)15-6-7-18-9-12(8-16-18)19(20)21/h2-5,8-9H,6-7H2,1H3,(H3,14,15,17). The number of hydrogen-bond acceptors (Lipinski definition) is 4. The number of hydrogen-bond donors (Lipinski definition) is 2. The Balaban J connectivity index is 1.85. The molecule has 0 fully saturated rings. The van der Waals surface area contributed by atoms with Gasteiger partial charge >= 0.3 is 5.69 Å². The van der Waals surface area contributed by atoms with E-state index in [-0.39, 0.29) is 5.69 Å². The Morgan fingerprint density at radius 1 is 1.48 bits per heavy atom. The molecule has 3 N–H and O–H groups in total. The molecular weight excluding hydrogens is 272 g/mol. The second-order valence-electron chi connectivity index (χ2n) is 4.48. The average Bonchev–Trinajstić information content (AvgIpc) is 2.90. The SMILES string of the molecule is Cc1ccc(NC(N)=NCCn2cc([N+](=O)[O-])cn2)cc1. The molecule has 1 aromatic heterocycles. The fourth-order valence-electron chi connectivity index (χ4n) is 1.67. The maximum absolute atomic E-state index is 10.5. The smallest absolute Gasteiger partial charge is 0.306 e. The third-order valence-corrected chi connectivity index (χ3v) is 2.77. The van der Waals surface area contributed by atoms with Crippen molar-refractivity contribution < 1.29 is 4.92 Å². The maximum Gasteiger partial charge on any atom is 0.306 e. The second kappa shape index (κ2) is 6.51. The molecule has 110 valence electrons. The molecule has 0 aliphatic heterocycles. The summed E-state index contributed by atoms with van der Waals surface area (Å²) in [4.78, 5) is 14.2. The predicted octanol–water partition coefficient (Wildman–Crippen LogP) is 1.53. The highest BCUT2D eigenvalue weighted by molar-refractivity contribution is 5.92. The Bertz CT molecular complexity index is 647. The number of anilines is 1. The number of aromatic nitrogens is 2. The van der Waals surface area contributed by atoms with Gasteiger partial charge in [-0.1, -0.05) is 17.7 Å². The van der Waals surface area contributed by atoms with Crippen LogP contribution >= 0.6 is 0 Å². The van der Waals surface area contributed by atoms with Gasteiger partial charge in [0.05, 0.1) is 18.0 Å². The topological polar surface area (TPSA) is 111 Å². The number of nitrogens with two attached hydrogens (primary N) is 1. The largest absolute Gasteiger partial charge is 0.370 e. The first-order chi connectivity index (χ1) is 10.0. The summed E-state index contributed by atoms with van der Waals surface area (Å²) in [6, 6.07) is 7.76. The summed E-state index contributed by atoms with van der Waals surface area (Å²) in [5.74, 6) is 0.292. The number of aliphatic imine (C=N–C) groups is 1. The van der Waals surface area contributed by atoms with E-state index in [0.717, 1.165) is 11.3 Å². The lowest BCUT2D eigenvalue weighted by atomic mass is 10.2. The number of nitrogens with one attached hydrogen (secondary N) is 1. The minimum absolute atomic E-state index is 0.0373. The normalized spacial score (nSPS) is 11.4. The van der Waals surface area contributed by atoms with Gasteiger partial charge in [-0.3, -0.25) is 19.8 Å². The molecule has 0 aliphatic rings. The van der Waals surface area contributed by atoms with Gasteiger partial charge in [0, 0.05) is 5.69 Å².